The van der Waals surface area contributed by atoms with Crippen molar-refractivity contribution in [1.82, 2.24) is 29.8 Å². The number of benzene rings is 1. The van der Waals surface area contributed by atoms with Gasteiger partial charge in [0.1, 0.15) is 12.1 Å². The molecule has 1 aromatic carbocycles. The fraction of sp³-hybridized carbons (Fsp3) is 0.667. The third-order valence-corrected chi connectivity index (χ3v) is 12.5. The number of hydrogen-bond acceptors (Lipinski definition) is 8. The molecule has 2 aromatic rings. The Kier molecular flexibility index (Phi) is 10.6. The highest BCUT2D eigenvalue weighted by molar-refractivity contribution is 6.30. The summed E-state index contributed by atoms with van der Waals surface area (Å²) >= 11 is 6.30. The van der Waals surface area contributed by atoms with Crippen LogP contribution in [0.4, 0.5) is 5.82 Å². The van der Waals surface area contributed by atoms with Crippen molar-refractivity contribution < 1.29 is 19.1 Å². The van der Waals surface area contributed by atoms with E-state index in [0.29, 0.717) is 50.8 Å². The molecule has 5 aliphatic rings. The molecular formula is C39H54ClN7O4. The van der Waals surface area contributed by atoms with E-state index in [9.17, 15) is 9.59 Å². The predicted octanol–water partition coefficient (Wildman–Crippen LogP) is 4.38. The lowest BCUT2D eigenvalue weighted by Gasteiger charge is -2.43. The Morgan fingerprint density at radius 3 is 2.25 bits per heavy atom. The number of rotatable bonds is 7. The number of aromatic nitrogens is 2. The van der Waals surface area contributed by atoms with Crippen LogP contribution >= 0.6 is 11.6 Å². The summed E-state index contributed by atoms with van der Waals surface area (Å²) < 4.78 is 5.98. The molecule has 7 rings (SSSR count). The second-order valence-corrected chi connectivity index (χ2v) is 16.8. The van der Waals surface area contributed by atoms with Crippen molar-refractivity contribution in [2.24, 2.45) is 11.3 Å². The van der Waals surface area contributed by atoms with Crippen LogP contribution in [-0.2, 0) is 19.1 Å². The lowest BCUT2D eigenvalue weighted by molar-refractivity contribution is -0.148. The smallest absolute Gasteiger partial charge is 0.252 e. The van der Waals surface area contributed by atoms with Crippen LogP contribution in [0.1, 0.15) is 76.0 Å². The Bertz CT molecular complexity index is 1550. The van der Waals surface area contributed by atoms with Gasteiger partial charge >= 0.3 is 0 Å². The highest BCUT2D eigenvalue weighted by atomic mass is 35.5. The minimum Gasteiger partial charge on any atom is -0.368 e. The fourth-order valence-electron chi connectivity index (χ4n) is 9.05. The molecule has 276 valence electrons. The van der Waals surface area contributed by atoms with Crippen LogP contribution in [0, 0.1) is 18.3 Å². The highest BCUT2D eigenvalue weighted by Crippen LogP contribution is 2.42. The van der Waals surface area contributed by atoms with E-state index in [1.807, 2.05) is 53.1 Å². The number of amides is 3. The van der Waals surface area contributed by atoms with Crippen molar-refractivity contribution in [2.75, 3.05) is 64.4 Å². The Morgan fingerprint density at radius 2 is 1.61 bits per heavy atom. The Balaban J connectivity index is 1.22. The van der Waals surface area contributed by atoms with Gasteiger partial charge in [0, 0.05) is 69.4 Å². The standard InChI is InChI=1S/C39H54ClN7O4/c1-26-7-12-35(42-41-26)45-24-31(27-8-10-28(40)11-9-27)32(25-45)36(48)46-23-30(22-33(46)37(49)44-19-17-43(4)18-20-44)47(38(50)34-6-5-21-51-34)29-13-15-39(2,3)16-14-29/h7-12,29-34H,5-6,13-25H2,1-4H3/t30-,31-,32+,33-,34?/m0/s1. The third kappa shape index (κ3) is 7.76. The summed E-state index contributed by atoms with van der Waals surface area (Å²) in [5.74, 6) is 0.159. The second kappa shape index (κ2) is 15.0. The summed E-state index contributed by atoms with van der Waals surface area (Å²) in [6.07, 6.45) is 5.49. The number of carbonyl (C=O) groups excluding carboxylic acids is 3. The normalized spacial score (nSPS) is 28.7. The number of nitrogens with zero attached hydrogens (tertiary/aromatic N) is 7. The maximum absolute atomic E-state index is 15.2. The zero-order chi connectivity index (χ0) is 35.9. The molecule has 0 bridgehead atoms. The van der Waals surface area contributed by atoms with E-state index in [2.05, 4.69) is 45.8 Å². The van der Waals surface area contributed by atoms with Crippen LogP contribution in [0.3, 0.4) is 0 Å². The van der Waals surface area contributed by atoms with Crippen molar-refractivity contribution in [3.05, 3.63) is 52.7 Å². The summed E-state index contributed by atoms with van der Waals surface area (Å²) in [6.45, 7) is 11.4. The number of likely N-dealkylation sites (N-methyl/N-ethyl adjacent to an activating group) is 1. The quantitative estimate of drug-likeness (QED) is 0.416. The Labute approximate surface area is 307 Å². The number of likely N-dealkylation sites (tertiary alicyclic amines) is 1. The average molecular weight is 720 g/mol. The van der Waals surface area contributed by atoms with E-state index >= 15 is 4.79 Å². The number of piperazine rings is 1. The molecule has 1 aliphatic carbocycles. The van der Waals surface area contributed by atoms with Gasteiger partial charge in [-0.15, -0.1) is 5.10 Å². The van der Waals surface area contributed by atoms with E-state index in [1.54, 1.807) is 0 Å². The van der Waals surface area contributed by atoms with Gasteiger partial charge in [-0.25, -0.2) is 0 Å². The van der Waals surface area contributed by atoms with Gasteiger partial charge in [0.2, 0.25) is 11.8 Å². The first-order valence-electron chi connectivity index (χ1n) is 19.0. The van der Waals surface area contributed by atoms with E-state index < -0.39 is 18.1 Å². The molecule has 4 aliphatic heterocycles. The summed E-state index contributed by atoms with van der Waals surface area (Å²) in [6, 6.07) is 10.8. The number of carbonyl (C=O) groups is 3. The van der Waals surface area contributed by atoms with Crippen molar-refractivity contribution in [1.29, 1.82) is 0 Å². The summed E-state index contributed by atoms with van der Waals surface area (Å²) in [4.78, 5) is 54.3. The molecule has 0 N–H and O–H groups in total. The molecule has 5 fully saturated rings. The number of ether oxygens (including phenoxy) is 1. The van der Waals surface area contributed by atoms with Crippen LogP contribution in [-0.4, -0.2) is 131 Å². The van der Waals surface area contributed by atoms with Crippen molar-refractivity contribution in [3.8, 4) is 0 Å². The molecule has 5 atom stereocenters. The zero-order valence-electron chi connectivity index (χ0n) is 30.7. The first-order valence-corrected chi connectivity index (χ1v) is 19.4. The van der Waals surface area contributed by atoms with E-state index in [4.69, 9.17) is 16.3 Å². The van der Waals surface area contributed by atoms with Crippen LogP contribution in [0.25, 0.3) is 0 Å². The summed E-state index contributed by atoms with van der Waals surface area (Å²) in [5, 5.41) is 9.41. The first kappa shape index (κ1) is 36.1. The predicted molar refractivity (Wildman–Crippen MR) is 197 cm³/mol. The zero-order valence-corrected chi connectivity index (χ0v) is 31.4. The largest absolute Gasteiger partial charge is 0.368 e. The van der Waals surface area contributed by atoms with Gasteiger partial charge < -0.3 is 29.2 Å². The fourth-order valence-corrected chi connectivity index (χ4v) is 9.18. The van der Waals surface area contributed by atoms with Gasteiger partial charge in [0.25, 0.3) is 5.91 Å². The molecule has 0 spiro atoms. The average Bonchev–Trinajstić information content (AvgIpc) is 3.91. The van der Waals surface area contributed by atoms with Crippen molar-refractivity contribution in [3.63, 3.8) is 0 Å². The molecule has 4 saturated heterocycles. The molecule has 11 nitrogen and oxygen atoms in total. The number of aryl methyl sites for hydroxylation is 1. The van der Waals surface area contributed by atoms with Gasteiger partial charge in [-0.3, -0.25) is 14.4 Å². The number of hydrogen-bond donors (Lipinski definition) is 0. The lowest BCUT2D eigenvalue weighted by Crippen LogP contribution is -2.54. The molecule has 51 heavy (non-hydrogen) atoms. The summed E-state index contributed by atoms with van der Waals surface area (Å²) in [7, 11) is 2.07. The van der Waals surface area contributed by atoms with E-state index in [0.717, 1.165) is 68.7 Å². The van der Waals surface area contributed by atoms with E-state index in [-0.39, 0.29) is 41.1 Å². The third-order valence-electron chi connectivity index (χ3n) is 12.3. The number of anilines is 1. The lowest BCUT2D eigenvalue weighted by atomic mass is 9.75. The molecule has 1 unspecified atom stereocenters. The number of halogens is 1. The van der Waals surface area contributed by atoms with Crippen molar-refractivity contribution in [2.45, 2.75) is 95.9 Å². The molecule has 5 heterocycles. The minimum atomic E-state index is -0.634. The SMILES string of the molecule is Cc1ccc(N2C[C@@H](C(=O)N3C[C@@H](N(C(=O)C4CCCO4)C4CCC(C)(C)CC4)C[C@H]3C(=O)N3CCN(C)CC3)[C@H](c3ccc(Cl)cc3)C2)nn1. The monoisotopic (exact) mass is 719 g/mol. The van der Waals surface area contributed by atoms with Crippen LogP contribution < -0.4 is 4.90 Å². The molecule has 1 aromatic heterocycles. The topological polar surface area (TPSA) is 102 Å². The Morgan fingerprint density at radius 1 is 0.882 bits per heavy atom. The van der Waals surface area contributed by atoms with Crippen LogP contribution in [0.2, 0.25) is 5.02 Å². The van der Waals surface area contributed by atoms with Crippen LogP contribution in [0.15, 0.2) is 36.4 Å². The summed E-state index contributed by atoms with van der Waals surface area (Å²) in [5.41, 5.74) is 2.09. The molecule has 0 radical (unpaired) electrons. The van der Waals surface area contributed by atoms with Gasteiger partial charge in [0.05, 0.1) is 17.7 Å². The highest BCUT2D eigenvalue weighted by Gasteiger charge is 2.51. The molecule has 3 amide bonds. The van der Waals surface area contributed by atoms with Gasteiger partial charge in [-0.05, 0) is 94.2 Å². The molecule has 12 heteroatoms. The van der Waals surface area contributed by atoms with E-state index in [1.165, 1.54) is 0 Å². The maximum atomic E-state index is 15.2. The molecular weight excluding hydrogens is 666 g/mol. The first-order chi connectivity index (χ1) is 24.5. The second-order valence-electron chi connectivity index (χ2n) is 16.4. The van der Waals surface area contributed by atoms with Crippen LogP contribution in [0.5, 0.6) is 0 Å². The maximum Gasteiger partial charge on any atom is 0.252 e. The van der Waals surface area contributed by atoms with Gasteiger partial charge in [-0.2, -0.15) is 5.10 Å². The van der Waals surface area contributed by atoms with Gasteiger partial charge in [0.15, 0.2) is 5.82 Å². The molecule has 1 saturated carbocycles. The van der Waals surface area contributed by atoms with Crippen molar-refractivity contribution >= 4 is 35.1 Å². The minimum absolute atomic E-state index is 0.00413. The Hall–Kier alpha value is -3.28. The van der Waals surface area contributed by atoms with Gasteiger partial charge in [-0.1, -0.05) is 37.6 Å².